The number of carbonyl (C=O) groups excluding carboxylic acids is 1. The van der Waals surface area contributed by atoms with Crippen molar-refractivity contribution in [3.63, 3.8) is 0 Å². The van der Waals surface area contributed by atoms with Gasteiger partial charge in [-0.2, -0.15) is 0 Å². The third-order valence-corrected chi connectivity index (χ3v) is 5.72. The number of rotatable bonds is 5. The molecule has 6 nitrogen and oxygen atoms in total. The van der Waals surface area contributed by atoms with Crippen LogP contribution < -0.4 is 26.8 Å². The summed E-state index contributed by atoms with van der Waals surface area (Å²) < 4.78 is 0. The zero-order valence-corrected chi connectivity index (χ0v) is 17.7. The second-order valence-electron chi connectivity index (χ2n) is 8.52. The van der Waals surface area contributed by atoms with Gasteiger partial charge in [0, 0.05) is 17.1 Å². The number of hydrogen-bond acceptors (Lipinski definition) is 5. The molecule has 0 spiro atoms. The van der Waals surface area contributed by atoms with E-state index in [1.165, 1.54) is 0 Å². The van der Waals surface area contributed by atoms with E-state index in [1.54, 1.807) is 12.1 Å². The maximum atomic E-state index is 12.4. The number of hydrogen-bond donors (Lipinski definition) is 3. The highest BCUT2D eigenvalue weighted by Crippen LogP contribution is 2.38. The quantitative estimate of drug-likeness (QED) is 0.537. The van der Waals surface area contributed by atoms with Crippen molar-refractivity contribution >= 4 is 34.6 Å². The largest absolute Gasteiger partial charge is 0.373 e. The van der Waals surface area contributed by atoms with E-state index in [0.717, 1.165) is 5.56 Å². The summed E-state index contributed by atoms with van der Waals surface area (Å²) in [4.78, 5) is 37.0. The average Bonchev–Trinajstić information content (AvgIpc) is 3.11. The first-order chi connectivity index (χ1) is 14.2. The van der Waals surface area contributed by atoms with Gasteiger partial charge in [-0.15, -0.1) is 0 Å². The fourth-order valence-corrected chi connectivity index (χ4v) is 4.01. The summed E-state index contributed by atoms with van der Waals surface area (Å²) >= 11 is 6.19. The molecule has 4 rings (SSSR count). The summed E-state index contributed by atoms with van der Waals surface area (Å²) in [5.41, 5.74) is 1.52. The van der Waals surface area contributed by atoms with Crippen molar-refractivity contribution in [2.45, 2.75) is 33.4 Å². The molecular formula is C23H22ClN3O3. The van der Waals surface area contributed by atoms with E-state index in [2.05, 4.69) is 36.7 Å². The summed E-state index contributed by atoms with van der Waals surface area (Å²) in [6.07, 6.45) is 0. The Labute approximate surface area is 179 Å². The van der Waals surface area contributed by atoms with E-state index in [4.69, 9.17) is 11.6 Å². The lowest BCUT2D eigenvalue weighted by atomic mass is 9.82. The summed E-state index contributed by atoms with van der Waals surface area (Å²) in [6, 6.07) is 12.9. The predicted molar refractivity (Wildman–Crippen MR) is 120 cm³/mol. The standard InChI is InChI=1S/C23H22ClN3O3/c1-23(2,3)21(12-7-5-4-6-8-12)27-18-17(19(28)20(18)29)26-15-10-9-14(24)13-11-25-22(30)16(13)15/h4-10,21,26-27H,11H2,1-3H3,(H,25,30)/t21-/m0/s1. The molecule has 154 valence electrons. The molecular weight excluding hydrogens is 402 g/mol. The Morgan fingerprint density at radius 2 is 1.63 bits per heavy atom. The first kappa shape index (κ1) is 20.2. The van der Waals surface area contributed by atoms with Crippen LogP contribution in [0.4, 0.5) is 17.1 Å². The number of fused-ring (bicyclic) bond motifs is 1. The first-order valence-electron chi connectivity index (χ1n) is 9.70. The molecule has 0 fully saturated rings. The minimum Gasteiger partial charge on any atom is -0.373 e. The SMILES string of the molecule is CC(C)(C)[C@@H](Nc1c(Nc2ccc(Cl)c3c2C(=O)NC3)c(=O)c1=O)c1ccccc1. The van der Waals surface area contributed by atoms with Crippen molar-refractivity contribution < 1.29 is 4.79 Å². The van der Waals surface area contributed by atoms with Crippen molar-refractivity contribution in [2.75, 3.05) is 10.6 Å². The third kappa shape index (κ3) is 3.37. The molecule has 3 aromatic carbocycles. The van der Waals surface area contributed by atoms with Crippen molar-refractivity contribution in [1.29, 1.82) is 0 Å². The van der Waals surface area contributed by atoms with Crippen LogP contribution in [0.1, 0.15) is 48.3 Å². The highest BCUT2D eigenvalue weighted by molar-refractivity contribution is 6.32. The van der Waals surface area contributed by atoms with Gasteiger partial charge in [-0.25, -0.2) is 0 Å². The second kappa shape index (κ2) is 7.29. The minimum absolute atomic E-state index is 0.161. The van der Waals surface area contributed by atoms with E-state index in [9.17, 15) is 14.4 Å². The number of benzene rings is 2. The molecule has 3 aromatic rings. The van der Waals surface area contributed by atoms with Gasteiger partial charge in [-0.3, -0.25) is 14.4 Å². The molecule has 1 amide bonds. The lowest BCUT2D eigenvalue weighted by Crippen LogP contribution is -2.39. The van der Waals surface area contributed by atoms with Crippen LogP contribution >= 0.6 is 11.6 Å². The van der Waals surface area contributed by atoms with Gasteiger partial charge < -0.3 is 16.0 Å². The van der Waals surface area contributed by atoms with Crippen LogP contribution in [0.5, 0.6) is 0 Å². The normalized spacial score (nSPS) is 14.3. The average molecular weight is 424 g/mol. The molecule has 0 bridgehead atoms. The molecule has 1 heterocycles. The summed E-state index contributed by atoms with van der Waals surface area (Å²) in [7, 11) is 0. The van der Waals surface area contributed by atoms with Crippen LogP contribution in [-0.2, 0) is 6.54 Å². The number of amides is 1. The number of nitrogens with one attached hydrogen (secondary N) is 3. The van der Waals surface area contributed by atoms with Gasteiger partial charge in [0.2, 0.25) is 0 Å². The molecule has 1 aliphatic heterocycles. The van der Waals surface area contributed by atoms with Gasteiger partial charge in [0.25, 0.3) is 16.8 Å². The van der Waals surface area contributed by atoms with Crippen LogP contribution in [0.3, 0.4) is 0 Å². The van der Waals surface area contributed by atoms with Gasteiger partial charge in [-0.1, -0.05) is 62.7 Å². The smallest absolute Gasteiger partial charge is 0.254 e. The first-order valence-corrected chi connectivity index (χ1v) is 10.1. The Morgan fingerprint density at radius 3 is 2.30 bits per heavy atom. The van der Waals surface area contributed by atoms with Crippen LogP contribution in [0.15, 0.2) is 52.1 Å². The highest BCUT2D eigenvalue weighted by atomic mass is 35.5. The Kier molecular flexibility index (Phi) is 4.90. The van der Waals surface area contributed by atoms with E-state index in [1.807, 2.05) is 30.3 Å². The van der Waals surface area contributed by atoms with Crippen molar-refractivity contribution in [3.05, 3.63) is 84.6 Å². The fourth-order valence-electron chi connectivity index (χ4n) is 3.79. The van der Waals surface area contributed by atoms with E-state index >= 15 is 0 Å². The van der Waals surface area contributed by atoms with Gasteiger partial charge in [-0.05, 0) is 23.1 Å². The topological polar surface area (TPSA) is 87.3 Å². The molecule has 0 aliphatic carbocycles. The lowest BCUT2D eigenvalue weighted by molar-refractivity contribution is 0.0966. The number of anilines is 3. The van der Waals surface area contributed by atoms with Crippen LogP contribution in [0.25, 0.3) is 0 Å². The van der Waals surface area contributed by atoms with Crippen LogP contribution in [-0.4, -0.2) is 5.91 Å². The molecule has 30 heavy (non-hydrogen) atoms. The summed E-state index contributed by atoms with van der Waals surface area (Å²) in [5.74, 6) is -0.264. The van der Waals surface area contributed by atoms with Crippen molar-refractivity contribution in [2.24, 2.45) is 5.41 Å². The lowest BCUT2D eigenvalue weighted by Gasteiger charge is -2.33. The molecule has 0 aromatic heterocycles. The molecule has 0 saturated heterocycles. The maximum Gasteiger partial charge on any atom is 0.254 e. The molecule has 0 saturated carbocycles. The fraction of sp³-hybridized carbons (Fsp3) is 0.261. The van der Waals surface area contributed by atoms with Crippen LogP contribution in [0.2, 0.25) is 5.02 Å². The summed E-state index contributed by atoms with van der Waals surface area (Å²) in [5, 5.41) is 9.49. The third-order valence-electron chi connectivity index (χ3n) is 5.37. The van der Waals surface area contributed by atoms with E-state index in [-0.39, 0.29) is 28.7 Å². The molecule has 1 aliphatic rings. The Bertz CT molecular complexity index is 1210. The number of halogens is 1. The minimum atomic E-state index is -0.611. The van der Waals surface area contributed by atoms with Gasteiger partial charge in [0.15, 0.2) is 0 Å². The van der Waals surface area contributed by atoms with Crippen molar-refractivity contribution in [1.82, 2.24) is 5.32 Å². The van der Waals surface area contributed by atoms with Gasteiger partial charge >= 0.3 is 0 Å². The Hall–Kier alpha value is -3.12. The van der Waals surface area contributed by atoms with Crippen LogP contribution in [0, 0.1) is 5.41 Å². The maximum absolute atomic E-state index is 12.4. The summed E-state index contributed by atoms with van der Waals surface area (Å²) in [6.45, 7) is 6.52. The zero-order valence-electron chi connectivity index (χ0n) is 16.9. The van der Waals surface area contributed by atoms with Crippen molar-refractivity contribution in [3.8, 4) is 0 Å². The van der Waals surface area contributed by atoms with Gasteiger partial charge in [0.05, 0.1) is 17.3 Å². The Morgan fingerprint density at radius 1 is 0.967 bits per heavy atom. The second-order valence-corrected chi connectivity index (χ2v) is 8.93. The molecule has 3 N–H and O–H groups in total. The highest BCUT2D eigenvalue weighted by Gasteiger charge is 2.32. The molecule has 0 radical (unpaired) electrons. The van der Waals surface area contributed by atoms with E-state index < -0.39 is 10.9 Å². The number of carbonyl (C=O) groups is 1. The Balaban J connectivity index is 1.71. The van der Waals surface area contributed by atoms with Gasteiger partial charge in [0.1, 0.15) is 11.4 Å². The molecule has 7 heteroatoms. The van der Waals surface area contributed by atoms with E-state index in [0.29, 0.717) is 28.4 Å². The zero-order chi connectivity index (χ0) is 21.6. The molecule has 0 unspecified atom stereocenters. The monoisotopic (exact) mass is 423 g/mol. The predicted octanol–water partition coefficient (Wildman–Crippen LogP) is 4.12. The molecule has 1 atom stereocenters.